The van der Waals surface area contributed by atoms with Gasteiger partial charge in [0.2, 0.25) is 0 Å². The Morgan fingerprint density at radius 3 is 2.69 bits per heavy atom. The van der Waals surface area contributed by atoms with Crippen LogP contribution in [0.5, 0.6) is 0 Å². The second-order valence-electron chi connectivity index (χ2n) is 2.92. The lowest BCUT2D eigenvalue weighted by Crippen LogP contribution is -2.31. The summed E-state index contributed by atoms with van der Waals surface area (Å²) in [4.78, 5) is 7.80. The molecule has 0 saturated heterocycles. The predicted molar refractivity (Wildman–Crippen MR) is 50.0 cm³/mol. The van der Waals surface area contributed by atoms with Gasteiger partial charge in [0.15, 0.2) is 0 Å². The highest BCUT2D eigenvalue weighted by atomic mass is 16.3. The average Bonchev–Trinajstić information content (AvgIpc) is 2.21. The molecular formula is C9H15N3O. The summed E-state index contributed by atoms with van der Waals surface area (Å²) in [6, 6.07) is 0.167. The van der Waals surface area contributed by atoms with Crippen LogP contribution in [0.1, 0.15) is 18.9 Å². The zero-order chi connectivity index (χ0) is 9.52. The Balaban J connectivity index is 2.34. The molecule has 1 atom stereocenters. The van der Waals surface area contributed by atoms with E-state index in [1.165, 1.54) is 6.33 Å². The molecule has 0 aliphatic rings. The number of hydrogen-bond acceptors (Lipinski definition) is 4. The van der Waals surface area contributed by atoms with E-state index in [0.717, 1.165) is 12.0 Å². The van der Waals surface area contributed by atoms with Crippen LogP contribution in [-0.2, 0) is 6.54 Å². The first kappa shape index (κ1) is 10.1. The van der Waals surface area contributed by atoms with E-state index in [1.54, 1.807) is 12.4 Å². The van der Waals surface area contributed by atoms with E-state index in [0.29, 0.717) is 6.54 Å². The maximum Gasteiger partial charge on any atom is 0.115 e. The molecular weight excluding hydrogens is 166 g/mol. The van der Waals surface area contributed by atoms with Crippen LogP contribution in [0, 0.1) is 0 Å². The van der Waals surface area contributed by atoms with E-state index in [9.17, 15) is 0 Å². The highest BCUT2D eigenvalue weighted by Gasteiger charge is 2.02. The molecule has 0 bridgehead atoms. The van der Waals surface area contributed by atoms with Crippen molar-refractivity contribution in [2.75, 3.05) is 6.61 Å². The molecule has 0 amide bonds. The number of aromatic nitrogens is 2. The van der Waals surface area contributed by atoms with Gasteiger partial charge in [-0.05, 0) is 6.42 Å². The molecule has 0 aliphatic heterocycles. The van der Waals surface area contributed by atoms with Crippen LogP contribution in [-0.4, -0.2) is 27.7 Å². The van der Waals surface area contributed by atoms with Crippen molar-refractivity contribution in [3.05, 3.63) is 24.3 Å². The van der Waals surface area contributed by atoms with Crippen molar-refractivity contribution in [3.8, 4) is 0 Å². The van der Waals surface area contributed by atoms with E-state index in [2.05, 4.69) is 15.3 Å². The van der Waals surface area contributed by atoms with Crippen LogP contribution < -0.4 is 5.32 Å². The van der Waals surface area contributed by atoms with E-state index >= 15 is 0 Å². The minimum atomic E-state index is 0.167. The summed E-state index contributed by atoms with van der Waals surface area (Å²) in [7, 11) is 0. The van der Waals surface area contributed by atoms with E-state index < -0.39 is 0 Å². The maximum atomic E-state index is 8.91. The fraction of sp³-hybridized carbons (Fsp3) is 0.556. The second kappa shape index (κ2) is 5.61. The molecule has 0 unspecified atom stereocenters. The molecule has 4 nitrogen and oxygen atoms in total. The van der Waals surface area contributed by atoms with Gasteiger partial charge in [-0.1, -0.05) is 6.92 Å². The van der Waals surface area contributed by atoms with Crippen molar-refractivity contribution in [2.24, 2.45) is 0 Å². The Labute approximate surface area is 78.0 Å². The van der Waals surface area contributed by atoms with Crippen LogP contribution in [0.25, 0.3) is 0 Å². The lowest BCUT2D eigenvalue weighted by molar-refractivity contribution is 0.238. The minimum Gasteiger partial charge on any atom is -0.395 e. The minimum absolute atomic E-state index is 0.167. The van der Waals surface area contributed by atoms with Gasteiger partial charge in [0.1, 0.15) is 6.33 Å². The Morgan fingerprint density at radius 2 is 2.15 bits per heavy atom. The molecule has 4 heteroatoms. The van der Waals surface area contributed by atoms with Crippen LogP contribution in [0.4, 0.5) is 0 Å². The van der Waals surface area contributed by atoms with Gasteiger partial charge in [-0.3, -0.25) is 0 Å². The molecule has 0 aromatic carbocycles. The largest absolute Gasteiger partial charge is 0.395 e. The van der Waals surface area contributed by atoms with Gasteiger partial charge >= 0.3 is 0 Å². The van der Waals surface area contributed by atoms with Crippen LogP contribution in [0.2, 0.25) is 0 Å². The van der Waals surface area contributed by atoms with E-state index in [-0.39, 0.29) is 12.6 Å². The van der Waals surface area contributed by atoms with Crippen molar-refractivity contribution >= 4 is 0 Å². The Bertz CT molecular complexity index is 224. The van der Waals surface area contributed by atoms with Gasteiger partial charge in [0.05, 0.1) is 6.61 Å². The summed E-state index contributed by atoms with van der Waals surface area (Å²) in [6.07, 6.45) is 5.96. The zero-order valence-electron chi connectivity index (χ0n) is 7.77. The topological polar surface area (TPSA) is 58.0 Å². The summed E-state index contributed by atoms with van der Waals surface area (Å²) >= 11 is 0. The van der Waals surface area contributed by atoms with E-state index in [1.807, 2.05) is 6.92 Å². The highest BCUT2D eigenvalue weighted by Crippen LogP contribution is 1.95. The third-order valence-electron chi connectivity index (χ3n) is 1.92. The van der Waals surface area contributed by atoms with Crippen molar-refractivity contribution in [2.45, 2.75) is 25.9 Å². The summed E-state index contributed by atoms with van der Waals surface area (Å²) < 4.78 is 0. The molecule has 13 heavy (non-hydrogen) atoms. The molecule has 1 aromatic heterocycles. The molecule has 1 rings (SSSR count). The summed E-state index contributed by atoms with van der Waals surface area (Å²) in [5, 5.41) is 12.1. The Kier molecular flexibility index (Phi) is 4.35. The van der Waals surface area contributed by atoms with Crippen LogP contribution in [0.3, 0.4) is 0 Å². The maximum absolute atomic E-state index is 8.91. The highest BCUT2D eigenvalue weighted by molar-refractivity contribution is 5.01. The molecule has 0 spiro atoms. The number of aliphatic hydroxyl groups excluding tert-OH is 1. The molecule has 72 valence electrons. The average molecular weight is 181 g/mol. The first-order chi connectivity index (χ1) is 6.36. The Morgan fingerprint density at radius 1 is 1.46 bits per heavy atom. The number of nitrogens with zero attached hydrogens (tertiary/aromatic N) is 2. The van der Waals surface area contributed by atoms with Crippen molar-refractivity contribution < 1.29 is 5.11 Å². The van der Waals surface area contributed by atoms with Crippen molar-refractivity contribution in [1.82, 2.24) is 15.3 Å². The summed E-state index contributed by atoms with van der Waals surface area (Å²) in [5.74, 6) is 0. The molecule has 0 aliphatic carbocycles. The molecule has 0 saturated carbocycles. The third kappa shape index (κ3) is 3.48. The van der Waals surface area contributed by atoms with Gasteiger partial charge < -0.3 is 10.4 Å². The van der Waals surface area contributed by atoms with Gasteiger partial charge in [-0.15, -0.1) is 0 Å². The zero-order valence-corrected chi connectivity index (χ0v) is 7.77. The van der Waals surface area contributed by atoms with Gasteiger partial charge in [0, 0.05) is 30.5 Å². The summed E-state index contributed by atoms with van der Waals surface area (Å²) in [5.41, 5.74) is 1.04. The van der Waals surface area contributed by atoms with Gasteiger partial charge in [-0.2, -0.15) is 0 Å². The monoisotopic (exact) mass is 181 g/mol. The Hall–Kier alpha value is -1.00. The van der Waals surface area contributed by atoms with Crippen LogP contribution >= 0.6 is 0 Å². The lowest BCUT2D eigenvalue weighted by Gasteiger charge is -2.12. The molecule has 1 aromatic rings. The predicted octanol–water partition coefficient (Wildman–Crippen LogP) is 0.337. The first-order valence-electron chi connectivity index (χ1n) is 4.45. The van der Waals surface area contributed by atoms with Crippen LogP contribution in [0.15, 0.2) is 18.7 Å². The molecule has 2 N–H and O–H groups in total. The van der Waals surface area contributed by atoms with Gasteiger partial charge in [0.25, 0.3) is 0 Å². The molecule has 0 radical (unpaired) electrons. The first-order valence-corrected chi connectivity index (χ1v) is 4.45. The number of nitrogens with one attached hydrogen (secondary N) is 1. The SMILES string of the molecule is CC[C@H](CO)NCc1cncnc1. The quantitative estimate of drug-likeness (QED) is 0.687. The molecule has 1 heterocycles. The fourth-order valence-electron chi connectivity index (χ4n) is 1.02. The number of rotatable bonds is 5. The van der Waals surface area contributed by atoms with Crippen molar-refractivity contribution in [1.29, 1.82) is 0 Å². The molecule has 0 fully saturated rings. The second-order valence-corrected chi connectivity index (χ2v) is 2.92. The number of hydrogen-bond donors (Lipinski definition) is 2. The van der Waals surface area contributed by atoms with Crippen molar-refractivity contribution in [3.63, 3.8) is 0 Å². The van der Waals surface area contributed by atoms with E-state index in [4.69, 9.17) is 5.11 Å². The smallest absolute Gasteiger partial charge is 0.115 e. The standard InChI is InChI=1S/C9H15N3O/c1-2-9(6-13)12-5-8-3-10-7-11-4-8/h3-4,7,9,12-13H,2,5-6H2,1H3/t9-/m1/s1. The fourth-order valence-corrected chi connectivity index (χ4v) is 1.02. The third-order valence-corrected chi connectivity index (χ3v) is 1.92. The van der Waals surface area contributed by atoms with Gasteiger partial charge in [-0.25, -0.2) is 9.97 Å². The lowest BCUT2D eigenvalue weighted by atomic mass is 10.2. The summed E-state index contributed by atoms with van der Waals surface area (Å²) in [6.45, 7) is 2.92. The normalized spacial score (nSPS) is 12.8. The number of aliphatic hydroxyl groups is 1.